The van der Waals surface area contributed by atoms with Crippen LogP contribution in [0.1, 0.15) is 18.4 Å². The number of hydrogen-bond donors (Lipinski definition) is 0. The summed E-state index contributed by atoms with van der Waals surface area (Å²) in [6, 6.07) is 10.2. The lowest BCUT2D eigenvalue weighted by Gasteiger charge is -2.07. The van der Waals surface area contributed by atoms with Gasteiger partial charge in [0, 0.05) is 0 Å². The van der Waals surface area contributed by atoms with E-state index in [0.29, 0.717) is 0 Å². The van der Waals surface area contributed by atoms with Crippen LogP contribution in [0.5, 0.6) is 0 Å². The molecule has 12 heavy (non-hydrogen) atoms. The van der Waals surface area contributed by atoms with Gasteiger partial charge in [0.05, 0.1) is 13.0 Å². The normalized spacial score (nSPS) is 12.2. The highest BCUT2D eigenvalue weighted by atomic mass is 16.5. The molecule has 1 aromatic carbocycles. The van der Waals surface area contributed by atoms with Gasteiger partial charge in [0.1, 0.15) is 0 Å². The van der Waals surface area contributed by atoms with Gasteiger partial charge < -0.3 is 4.74 Å². The molecule has 0 amide bonds. The molecule has 1 radical (unpaired) electrons. The third-order valence-corrected chi connectivity index (χ3v) is 1.80. The monoisotopic (exact) mass is 163 g/mol. The third-order valence-electron chi connectivity index (χ3n) is 1.80. The molecule has 0 spiro atoms. The van der Waals surface area contributed by atoms with Crippen molar-refractivity contribution in [3.8, 4) is 0 Å². The zero-order valence-electron chi connectivity index (χ0n) is 7.20. The molecule has 2 heteroatoms. The van der Waals surface area contributed by atoms with Crippen molar-refractivity contribution in [3.63, 3.8) is 0 Å². The Morgan fingerprint density at radius 2 is 2.08 bits per heavy atom. The van der Waals surface area contributed by atoms with Crippen molar-refractivity contribution in [2.75, 3.05) is 7.11 Å². The van der Waals surface area contributed by atoms with E-state index in [9.17, 15) is 4.79 Å². The Morgan fingerprint density at radius 3 is 2.58 bits per heavy atom. The van der Waals surface area contributed by atoms with Crippen LogP contribution in [-0.4, -0.2) is 13.1 Å². The molecule has 1 rings (SSSR count). The van der Waals surface area contributed by atoms with Gasteiger partial charge in [0.15, 0.2) is 0 Å². The van der Waals surface area contributed by atoms with Crippen LogP contribution < -0.4 is 0 Å². The van der Waals surface area contributed by atoms with E-state index in [4.69, 9.17) is 0 Å². The van der Waals surface area contributed by atoms with E-state index in [2.05, 4.69) is 10.8 Å². The number of esters is 1. The second-order valence-corrected chi connectivity index (χ2v) is 2.58. The van der Waals surface area contributed by atoms with Crippen LogP contribution in [0.25, 0.3) is 0 Å². The fourth-order valence-electron chi connectivity index (χ4n) is 1.00. The Morgan fingerprint density at radius 1 is 1.50 bits per heavy atom. The molecule has 1 unspecified atom stereocenters. The molecule has 0 aromatic heterocycles. The SMILES string of the molecule is COC(=O)C(C)c1cc[c]cc1. The van der Waals surface area contributed by atoms with E-state index in [1.165, 1.54) is 7.11 Å². The number of ether oxygens (including phenoxy) is 1. The average Bonchev–Trinajstić information content (AvgIpc) is 2.17. The van der Waals surface area contributed by atoms with Crippen molar-refractivity contribution in [3.05, 3.63) is 35.9 Å². The zero-order chi connectivity index (χ0) is 8.97. The number of rotatable bonds is 2. The summed E-state index contributed by atoms with van der Waals surface area (Å²) >= 11 is 0. The van der Waals surface area contributed by atoms with Gasteiger partial charge in [-0.15, -0.1) is 0 Å². The van der Waals surface area contributed by atoms with Crippen LogP contribution in [0.15, 0.2) is 24.3 Å². The van der Waals surface area contributed by atoms with E-state index in [0.717, 1.165) is 5.56 Å². The molecule has 0 saturated carbocycles. The van der Waals surface area contributed by atoms with Gasteiger partial charge in [-0.2, -0.15) is 0 Å². The van der Waals surface area contributed by atoms with Crippen LogP contribution >= 0.6 is 0 Å². The molecule has 1 aromatic rings. The predicted octanol–water partition coefficient (Wildman–Crippen LogP) is 1.76. The zero-order valence-corrected chi connectivity index (χ0v) is 7.20. The van der Waals surface area contributed by atoms with Gasteiger partial charge in [0.2, 0.25) is 0 Å². The van der Waals surface area contributed by atoms with Crippen molar-refractivity contribution < 1.29 is 9.53 Å². The highest BCUT2D eigenvalue weighted by molar-refractivity contribution is 5.77. The first kappa shape index (κ1) is 8.78. The molecule has 0 aliphatic rings. The summed E-state index contributed by atoms with van der Waals surface area (Å²) in [5.74, 6) is -0.397. The van der Waals surface area contributed by atoms with Crippen LogP contribution in [0.4, 0.5) is 0 Å². The summed E-state index contributed by atoms with van der Waals surface area (Å²) in [5.41, 5.74) is 0.959. The second kappa shape index (κ2) is 3.90. The summed E-state index contributed by atoms with van der Waals surface area (Å²) in [6.07, 6.45) is 0. The maximum Gasteiger partial charge on any atom is 0.312 e. The molecule has 0 bridgehead atoms. The Kier molecular flexibility index (Phi) is 2.86. The molecular formula is C10H11O2. The van der Waals surface area contributed by atoms with Gasteiger partial charge >= 0.3 is 5.97 Å². The Bertz CT molecular complexity index is 254. The minimum atomic E-state index is -0.207. The number of carbonyl (C=O) groups excluding carboxylic acids is 1. The van der Waals surface area contributed by atoms with Crippen LogP contribution in [0.2, 0.25) is 0 Å². The Hall–Kier alpha value is -1.31. The first-order chi connectivity index (χ1) is 5.75. The van der Waals surface area contributed by atoms with E-state index < -0.39 is 0 Å². The lowest BCUT2D eigenvalue weighted by molar-refractivity contribution is -0.141. The molecule has 0 aliphatic carbocycles. The van der Waals surface area contributed by atoms with Gasteiger partial charge in [-0.25, -0.2) is 0 Å². The largest absolute Gasteiger partial charge is 0.469 e. The number of hydrogen-bond acceptors (Lipinski definition) is 2. The smallest absolute Gasteiger partial charge is 0.312 e. The molecule has 0 heterocycles. The van der Waals surface area contributed by atoms with Crippen molar-refractivity contribution in [2.24, 2.45) is 0 Å². The molecular weight excluding hydrogens is 152 g/mol. The van der Waals surface area contributed by atoms with E-state index >= 15 is 0 Å². The maximum atomic E-state index is 11.1. The predicted molar refractivity (Wildman–Crippen MR) is 45.7 cm³/mol. The number of benzene rings is 1. The molecule has 0 saturated heterocycles. The first-order valence-electron chi connectivity index (χ1n) is 3.79. The Balaban J connectivity index is 2.78. The molecule has 2 nitrogen and oxygen atoms in total. The quantitative estimate of drug-likeness (QED) is 0.621. The van der Waals surface area contributed by atoms with Crippen LogP contribution in [0.3, 0.4) is 0 Å². The Labute approximate surface area is 72.2 Å². The fourth-order valence-corrected chi connectivity index (χ4v) is 1.00. The van der Waals surface area contributed by atoms with Crippen molar-refractivity contribution in [1.29, 1.82) is 0 Å². The second-order valence-electron chi connectivity index (χ2n) is 2.58. The van der Waals surface area contributed by atoms with Crippen LogP contribution in [0, 0.1) is 6.07 Å². The minimum absolute atomic E-state index is 0.190. The number of methoxy groups -OCH3 is 1. The van der Waals surface area contributed by atoms with Crippen LogP contribution in [-0.2, 0) is 9.53 Å². The molecule has 63 valence electrons. The summed E-state index contributed by atoms with van der Waals surface area (Å²) < 4.78 is 4.62. The summed E-state index contributed by atoms with van der Waals surface area (Å²) in [4.78, 5) is 11.1. The minimum Gasteiger partial charge on any atom is -0.469 e. The maximum absolute atomic E-state index is 11.1. The molecule has 0 N–H and O–H groups in total. The van der Waals surface area contributed by atoms with E-state index in [1.54, 1.807) is 12.1 Å². The molecule has 0 fully saturated rings. The van der Waals surface area contributed by atoms with E-state index in [1.807, 2.05) is 19.1 Å². The fraction of sp³-hybridized carbons (Fsp3) is 0.300. The van der Waals surface area contributed by atoms with Crippen molar-refractivity contribution in [1.82, 2.24) is 0 Å². The third kappa shape index (κ3) is 1.84. The first-order valence-corrected chi connectivity index (χ1v) is 3.79. The number of carbonyl (C=O) groups is 1. The van der Waals surface area contributed by atoms with Crippen molar-refractivity contribution >= 4 is 5.97 Å². The average molecular weight is 163 g/mol. The van der Waals surface area contributed by atoms with E-state index in [-0.39, 0.29) is 11.9 Å². The van der Waals surface area contributed by atoms with Crippen molar-refractivity contribution in [2.45, 2.75) is 12.8 Å². The van der Waals surface area contributed by atoms with Gasteiger partial charge in [-0.1, -0.05) is 24.3 Å². The van der Waals surface area contributed by atoms with Gasteiger partial charge in [0.25, 0.3) is 0 Å². The summed E-state index contributed by atoms with van der Waals surface area (Å²) in [6.45, 7) is 1.82. The van der Waals surface area contributed by atoms with Gasteiger partial charge in [-0.3, -0.25) is 4.79 Å². The summed E-state index contributed by atoms with van der Waals surface area (Å²) in [7, 11) is 1.40. The molecule has 0 aliphatic heterocycles. The van der Waals surface area contributed by atoms with Gasteiger partial charge in [-0.05, 0) is 18.6 Å². The standard InChI is InChI=1S/C10H11O2/c1-8(10(11)12-2)9-6-4-3-5-7-9/h4-8H,1-2H3. The lowest BCUT2D eigenvalue weighted by Crippen LogP contribution is -2.10. The molecule has 1 atom stereocenters. The lowest BCUT2D eigenvalue weighted by atomic mass is 10.0. The topological polar surface area (TPSA) is 26.3 Å². The summed E-state index contributed by atoms with van der Waals surface area (Å²) in [5, 5.41) is 0. The highest BCUT2D eigenvalue weighted by Crippen LogP contribution is 2.14. The highest BCUT2D eigenvalue weighted by Gasteiger charge is 2.14.